The van der Waals surface area contributed by atoms with Crippen LogP contribution in [0.4, 0.5) is 10.6 Å². The molecular formula is C13H18N4O4S. The van der Waals surface area contributed by atoms with Gasteiger partial charge in [-0.3, -0.25) is 10.1 Å². The van der Waals surface area contributed by atoms with Gasteiger partial charge in [-0.15, -0.1) is 0 Å². The lowest BCUT2D eigenvalue weighted by Gasteiger charge is -2.29. The molecule has 8 nitrogen and oxygen atoms in total. The van der Waals surface area contributed by atoms with Gasteiger partial charge in [-0.25, -0.2) is 18.2 Å². The highest BCUT2D eigenvalue weighted by molar-refractivity contribution is 7.91. The van der Waals surface area contributed by atoms with Crippen molar-refractivity contribution in [2.75, 3.05) is 29.9 Å². The number of rotatable bonds is 3. The van der Waals surface area contributed by atoms with Crippen molar-refractivity contribution < 1.29 is 18.0 Å². The van der Waals surface area contributed by atoms with Crippen molar-refractivity contribution in [2.24, 2.45) is 0 Å². The van der Waals surface area contributed by atoms with Gasteiger partial charge in [0.15, 0.2) is 9.84 Å². The number of pyridine rings is 1. The summed E-state index contributed by atoms with van der Waals surface area (Å²) in [6, 6.07) is 3.79. The summed E-state index contributed by atoms with van der Waals surface area (Å²) in [5, 5.41) is 5.03. The van der Waals surface area contributed by atoms with Crippen molar-refractivity contribution in [1.82, 2.24) is 15.2 Å². The number of carbonyl (C=O) groups excluding carboxylic acids is 2. The number of urea groups is 1. The molecule has 0 saturated carbocycles. The molecule has 0 aliphatic carbocycles. The zero-order chi connectivity index (χ0) is 16.2. The fraction of sp³-hybridized carbons (Fsp3) is 0.462. The van der Waals surface area contributed by atoms with Crippen LogP contribution in [-0.2, 0) is 14.6 Å². The van der Waals surface area contributed by atoms with Crippen molar-refractivity contribution in [3.05, 3.63) is 24.4 Å². The first kappa shape index (κ1) is 16.2. The molecule has 1 atom stereocenters. The maximum absolute atomic E-state index is 12.2. The van der Waals surface area contributed by atoms with Crippen LogP contribution >= 0.6 is 0 Å². The SMILES string of the molecule is C[C@H](NC(=O)Nc1ccccn1)C(=O)N1CCS(=O)(=O)CC1. The van der Waals surface area contributed by atoms with Crippen LogP contribution in [0.5, 0.6) is 0 Å². The number of hydrogen-bond acceptors (Lipinski definition) is 5. The van der Waals surface area contributed by atoms with Crippen LogP contribution in [0.15, 0.2) is 24.4 Å². The van der Waals surface area contributed by atoms with Crippen LogP contribution < -0.4 is 10.6 Å². The Labute approximate surface area is 128 Å². The monoisotopic (exact) mass is 326 g/mol. The van der Waals surface area contributed by atoms with Crippen molar-refractivity contribution in [3.63, 3.8) is 0 Å². The quantitative estimate of drug-likeness (QED) is 0.803. The summed E-state index contributed by atoms with van der Waals surface area (Å²) in [6.45, 7) is 1.88. The number of hydrogen-bond donors (Lipinski definition) is 2. The number of aromatic nitrogens is 1. The lowest BCUT2D eigenvalue weighted by Crippen LogP contribution is -2.52. The van der Waals surface area contributed by atoms with E-state index in [-0.39, 0.29) is 30.5 Å². The Morgan fingerprint density at radius 1 is 1.27 bits per heavy atom. The van der Waals surface area contributed by atoms with Gasteiger partial charge in [0.05, 0.1) is 11.5 Å². The lowest BCUT2D eigenvalue weighted by atomic mass is 10.3. The van der Waals surface area contributed by atoms with Gasteiger partial charge in [0.2, 0.25) is 5.91 Å². The Bertz CT molecular complexity index is 633. The first-order chi connectivity index (χ1) is 10.4. The highest BCUT2D eigenvalue weighted by Crippen LogP contribution is 2.06. The molecule has 2 N–H and O–H groups in total. The smallest absolute Gasteiger partial charge is 0.321 e. The average molecular weight is 326 g/mol. The fourth-order valence-electron chi connectivity index (χ4n) is 2.05. The lowest BCUT2D eigenvalue weighted by molar-refractivity contribution is -0.132. The van der Waals surface area contributed by atoms with Gasteiger partial charge in [0, 0.05) is 19.3 Å². The van der Waals surface area contributed by atoms with Gasteiger partial charge in [-0.05, 0) is 19.1 Å². The Hall–Kier alpha value is -2.16. The van der Waals surface area contributed by atoms with E-state index in [0.29, 0.717) is 5.82 Å². The molecule has 0 aromatic carbocycles. The second kappa shape index (κ2) is 6.73. The average Bonchev–Trinajstić information content (AvgIpc) is 2.47. The van der Waals surface area contributed by atoms with Crippen molar-refractivity contribution in [3.8, 4) is 0 Å². The second-order valence-corrected chi connectivity index (χ2v) is 7.32. The Morgan fingerprint density at radius 2 is 1.95 bits per heavy atom. The van der Waals surface area contributed by atoms with E-state index in [2.05, 4.69) is 15.6 Å². The van der Waals surface area contributed by atoms with Crippen LogP contribution in [0.25, 0.3) is 0 Å². The Morgan fingerprint density at radius 3 is 2.55 bits per heavy atom. The van der Waals surface area contributed by atoms with E-state index < -0.39 is 21.9 Å². The predicted molar refractivity (Wildman–Crippen MR) is 81.1 cm³/mol. The van der Waals surface area contributed by atoms with Crippen molar-refractivity contribution in [2.45, 2.75) is 13.0 Å². The molecule has 0 unspecified atom stereocenters. The van der Waals surface area contributed by atoms with E-state index in [1.807, 2.05) is 0 Å². The third-order valence-electron chi connectivity index (χ3n) is 3.28. The summed E-state index contributed by atoms with van der Waals surface area (Å²) in [6.07, 6.45) is 1.54. The van der Waals surface area contributed by atoms with Gasteiger partial charge < -0.3 is 10.2 Å². The van der Waals surface area contributed by atoms with E-state index in [9.17, 15) is 18.0 Å². The van der Waals surface area contributed by atoms with Crippen LogP contribution in [0.2, 0.25) is 0 Å². The minimum atomic E-state index is -3.04. The third kappa shape index (κ3) is 4.42. The number of nitrogens with one attached hydrogen (secondary N) is 2. The van der Waals surface area contributed by atoms with Gasteiger partial charge >= 0.3 is 6.03 Å². The molecule has 2 heterocycles. The molecule has 1 aliphatic heterocycles. The van der Waals surface area contributed by atoms with E-state index in [1.54, 1.807) is 31.3 Å². The summed E-state index contributed by atoms with van der Waals surface area (Å²) >= 11 is 0. The van der Waals surface area contributed by atoms with Crippen LogP contribution in [0.1, 0.15) is 6.92 Å². The summed E-state index contributed by atoms with van der Waals surface area (Å²) in [4.78, 5) is 29.3. The van der Waals surface area contributed by atoms with Crippen LogP contribution in [0, 0.1) is 0 Å². The summed E-state index contributed by atoms with van der Waals surface area (Å²) in [7, 11) is -3.04. The molecule has 22 heavy (non-hydrogen) atoms. The summed E-state index contributed by atoms with van der Waals surface area (Å²) < 4.78 is 22.7. The number of carbonyl (C=O) groups is 2. The molecule has 0 bridgehead atoms. The normalized spacial score (nSPS) is 18.3. The standard InChI is InChI=1S/C13H18N4O4S/c1-10(12(18)17-6-8-22(20,21)9-7-17)15-13(19)16-11-4-2-3-5-14-11/h2-5,10H,6-9H2,1H3,(H2,14,15,16,19)/t10-/m0/s1. The molecule has 3 amide bonds. The minimum absolute atomic E-state index is 0.0361. The molecule has 0 radical (unpaired) electrons. The molecule has 120 valence electrons. The molecule has 1 fully saturated rings. The largest absolute Gasteiger partial charge is 0.339 e. The van der Waals surface area contributed by atoms with Gasteiger partial charge in [0.25, 0.3) is 0 Å². The molecule has 1 aromatic rings. The Balaban J connectivity index is 1.85. The van der Waals surface area contributed by atoms with Crippen LogP contribution in [0.3, 0.4) is 0 Å². The molecule has 1 saturated heterocycles. The summed E-state index contributed by atoms with van der Waals surface area (Å²) in [5.41, 5.74) is 0. The number of nitrogens with zero attached hydrogens (tertiary/aromatic N) is 2. The zero-order valence-corrected chi connectivity index (χ0v) is 13.0. The van der Waals surface area contributed by atoms with E-state index in [4.69, 9.17) is 0 Å². The van der Waals surface area contributed by atoms with E-state index in [0.717, 1.165) is 0 Å². The maximum atomic E-state index is 12.2. The molecule has 1 aliphatic rings. The van der Waals surface area contributed by atoms with Gasteiger partial charge in [-0.1, -0.05) is 6.07 Å². The minimum Gasteiger partial charge on any atom is -0.339 e. The highest BCUT2D eigenvalue weighted by Gasteiger charge is 2.28. The topological polar surface area (TPSA) is 108 Å². The second-order valence-electron chi connectivity index (χ2n) is 5.01. The van der Waals surface area contributed by atoms with E-state index >= 15 is 0 Å². The van der Waals surface area contributed by atoms with Gasteiger partial charge in [-0.2, -0.15) is 0 Å². The number of sulfone groups is 1. The molecule has 0 spiro atoms. The number of anilines is 1. The molecular weight excluding hydrogens is 308 g/mol. The first-order valence-corrected chi connectivity index (χ1v) is 8.67. The molecule has 2 rings (SSSR count). The van der Waals surface area contributed by atoms with Crippen molar-refractivity contribution >= 4 is 27.6 Å². The molecule has 9 heteroatoms. The van der Waals surface area contributed by atoms with Crippen molar-refractivity contribution in [1.29, 1.82) is 0 Å². The highest BCUT2D eigenvalue weighted by atomic mass is 32.2. The maximum Gasteiger partial charge on any atom is 0.321 e. The zero-order valence-electron chi connectivity index (χ0n) is 12.2. The third-order valence-corrected chi connectivity index (χ3v) is 4.89. The summed E-state index contributed by atoms with van der Waals surface area (Å²) in [5.74, 6) is 0.00627. The first-order valence-electron chi connectivity index (χ1n) is 6.85. The number of amides is 3. The van der Waals surface area contributed by atoms with Gasteiger partial charge in [0.1, 0.15) is 11.9 Å². The Kier molecular flexibility index (Phi) is 4.96. The fourth-order valence-corrected chi connectivity index (χ4v) is 3.26. The van der Waals surface area contributed by atoms with Crippen LogP contribution in [-0.4, -0.2) is 60.9 Å². The van der Waals surface area contributed by atoms with E-state index in [1.165, 1.54) is 4.90 Å². The predicted octanol–water partition coefficient (Wildman–Crippen LogP) is -0.151. The molecule has 1 aromatic heterocycles.